The van der Waals surface area contributed by atoms with Crippen LogP contribution >= 0.6 is 18.9 Å². The van der Waals surface area contributed by atoms with Gasteiger partial charge in [-0.3, -0.25) is 23.7 Å². The highest BCUT2D eigenvalue weighted by atomic mass is 32.1. The van der Waals surface area contributed by atoms with Crippen LogP contribution in [0.4, 0.5) is 8.78 Å². The zero-order chi connectivity index (χ0) is 34.4. The van der Waals surface area contributed by atoms with E-state index in [9.17, 15) is 32.5 Å². The topological polar surface area (TPSA) is 157 Å². The Morgan fingerprint density at radius 3 is 2.50 bits per heavy atom. The largest absolute Gasteiger partial charge is 0.399 e. The highest BCUT2D eigenvalue weighted by molar-refractivity contribution is 7.52. The van der Waals surface area contributed by atoms with Crippen molar-refractivity contribution in [2.45, 2.75) is 56.0 Å². The first-order chi connectivity index (χ1) is 22.8. The molecule has 2 aromatic carbocycles. The number of morpholine rings is 1. The summed E-state index contributed by atoms with van der Waals surface area (Å²) in [5.41, 5.74) is -4.40. The number of nitrogens with one attached hydrogen (secondary N) is 1. The molecule has 4 amide bonds. The highest BCUT2D eigenvalue weighted by Crippen LogP contribution is 2.59. The van der Waals surface area contributed by atoms with E-state index < -0.39 is 42.7 Å². The van der Waals surface area contributed by atoms with Crippen molar-refractivity contribution in [1.82, 2.24) is 20.0 Å². The van der Waals surface area contributed by atoms with Gasteiger partial charge in [0.1, 0.15) is 12.1 Å². The van der Waals surface area contributed by atoms with Crippen LogP contribution in [0.1, 0.15) is 53.0 Å². The van der Waals surface area contributed by atoms with Gasteiger partial charge in [-0.2, -0.15) is 8.78 Å². The lowest BCUT2D eigenvalue weighted by molar-refractivity contribution is -0.153. The third kappa shape index (κ3) is 6.49. The van der Waals surface area contributed by atoms with Crippen molar-refractivity contribution in [1.29, 1.82) is 0 Å². The van der Waals surface area contributed by atoms with Gasteiger partial charge in [-0.15, -0.1) is 11.3 Å². The first kappa shape index (κ1) is 34.1. The van der Waals surface area contributed by atoms with Crippen molar-refractivity contribution in [2.75, 3.05) is 32.8 Å². The number of halogens is 2. The van der Waals surface area contributed by atoms with E-state index in [1.807, 2.05) is 30.3 Å². The quantitative estimate of drug-likeness (QED) is 0.330. The maximum Gasteiger partial charge on any atom is 0.399 e. The zero-order valence-corrected chi connectivity index (χ0v) is 27.7. The van der Waals surface area contributed by atoms with Crippen LogP contribution < -0.4 is 5.32 Å². The number of benzene rings is 2. The van der Waals surface area contributed by atoms with Crippen LogP contribution in [0.5, 0.6) is 0 Å². The van der Waals surface area contributed by atoms with Crippen LogP contribution in [0.25, 0.3) is 10.1 Å². The Labute approximate surface area is 278 Å². The van der Waals surface area contributed by atoms with E-state index in [2.05, 4.69) is 5.32 Å². The molecule has 4 atom stereocenters. The third-order valence-electron chi connectivity index (χ3n) is 9.28. The molecule has 6 rings (SSSR count). The van der Waals surface area contributed by atoms with Crippen molar-refractivity contribution in [3.05, 3.63) is 70.6 Å². The highest BCUT2D eigenvalue weighted by Gasteiger charge is 2.51. The molecule has 0 bridgehead atoms. The molecule has 256 valence electrons. The Morgan fingerprint density at radius 2 is 1.79 bits per heavy atom. The summed E-state index contributed by atoms with van der Waals surface area (Å²) in [6.45, 7) is 2.60. The van der Waals surface area contributed by atoms with Crippen molar-refractivity contribution in [3.8, 4) is 0 Å². The summed E-state index contributed by atoms with van der Waals surface area (Å²) in [5.74, 6) is -1.67. The Balaban J connectivity index is 1.26. The van der Waals surface area contributed by atoms with Crippen LogP contribution in [0.3, 0.4) is 0 Å². The van der Waals surface area contributed by atoms with E-state index in [-0.39, 0.29) is 40.7 Å². The first-order valence-corrected chi connectivity index (χ1v) is 18.0. The fraction of sp³-hybridized carbons (Fsp3) is 0.438. The summed E-state index contributed by atoms with van der Waals surface area (Å²) < 4.78 is 46.2. The number of carbonyl (C=O) groups is 4. The molecule has 3 N–H and O–H groups in total. The summed E-state index contributed by atoms with van der Waals surface area (Å²) in [6, 6.07) is 11.3. The summed E-state index contributed by atoms with van der Waals surface area (Å²) in [5, 5.41) is 2.88. The molecule has 3 fully saturated rings. The molecule has 3 aliphatic heterocycles. The fourth-order valence-corrected chi connectivity index (χ4v) is 8.18. The molecule has 4 heterocycles. The Hall–Kier alpha value is -3.75. The smallest absolute Gasteiger partial charge is 0.377 e. The molecular weight excluding hydrogens is 669 g/mol. The van der Waals surface area contributed by atoms with E-state index in [1.54, 1.807) is 9.80 Å². The molecule has 3 saturated heterocycles. The molecule has 1 aromatic heterocycles. The minimum Gasteiger partial charge on any atom is -0.377 e. The molecule has 12 nitrogen and oxygen atoms in total. The Morgan fingerprint density at radius 1 is 1.04 bits per heavy atom. The van der Waals surface area contributed by atoms with Gasteiger partial charge in [0.25, 0.3) is 5.91 Å². The lowest BCUT2D eigenvalue weighted by Gasteiger charge is -2.42. The van der Waals surface area contributed by atoms with E-state index >= 15 is 0 Å². The third-order valence-corrected chi connectivity index (χ3v) is 11.4. The SMILES string of the molecule is CC(=O)N1CC[C@H]2CC[C@@H](C(=O)N3CCOC[C@@H]3c3ccccc3)N2C(=O)[C@@H](NC(=O)c2cc3cc(C(F)(F)P(=O)(O)O)ccc3s2)C1. The molecule has 3 aromatic rings. The Bertz CT molecular complexity index is 1790. The predicted octanol–water partition coefficient (Wildman–Crippen LogP) is 3.44. The fourth-order valence-electron chi connectivity index (χ4n) is 6.76. The normalized spacial score (nSPS) is 23.9. The molecule has 0 spiro atoms. The number of fused-ring (bicyclic) bond motifs is 2. The van der Waals surface area contributed by atoms with E-state index in [0.717, 1.165) is 29.0 Å². The van der Waals surface area contributed by atoms with Gasteiger partial charge in [-0.25, -0.2) is 0 Å². The van der Waals surface area contributed by atoms with Gasteiger partial charge in [-0.05, 0) is 48.4 Å². The number of hydrogen-bond donors (Lipinski definition) is 3. The van der Waals surface area contributed by atoms with Gasteiger partial charge < -0.3 is 34.5 Å². The number of nitrogens with zero attached hydrogens (tertiary/aromatic N) is 3. The second kappa shape index (κ2) is 13.3. The van der Waals surface area contributed by atoms with Crippen LogP contribution in [-0.2, 0) is 29.3 Å². The number of ether oxygens (including phenoxy) is 1. The summed E-state index contributed by atoms with van der Waals surface area (Å²) >= 11 is 0.951. The Kier molecular flexibility index (Phi) is 9.44. The second-order valence-electron chi connectivity index (χ2n) is 12.3. The summed E-state index contributed by atoms with van der Waals surface area (Å²) in [4.78, 5) is 77.7. The van der Waals surface area contributed by atoms with Crippen LogP contribution in [0.15, 0.2) is 54.6 Å². The minimum absolute atomic E-state index is 0.0653. The summed E-state index contributed by atoms with van der Waals surface area (Å²) in [6.07, 6.45) is 1.44. The van der Waals surface area contributed by atoms with Gasteiger partial charge in [0, 0.05) is 42.9 Å². The first-order valence-electron chi connectivity index (χ1n) is 15.6. The van der Waals surface area contributed by atoms with Gasteiger partial charge in [0.05, 0.1) is 24.1 Å². The molecule has 0 aliphatic carbocycles. The number of amides is 4. The van der Waals surface area contributed by atoms with Crippen molar-refractivity contribution >= 4 is 52.6 Å². The van der Waals surface area contributed by atoms with E-state index in [0.29, 0.717) is 50.3 Å². The number of carbonyl (C=O) groups excluding carboxylic acids is 4. The van der Waals surface area contributed by atoms with Crippen molar-refractivity contribution in [3.63, 3.8) is 0 Å². The number of hydrogen-bond acceptors (Lipinski definition) is 7. The van der Waals surface area contributed by atoms with Gasteiger partial charge in [0.15, 0.2) is 0 Å². The second-order valence-corrected chi connectivity index (χ2v) is 15.0. The molecule has 0 unspecified atom stereocenters. The van der Waals surface area contributed by atoms with Crippen LogP contribution in [-0.4, -0.2) is 99.1 Å². The molecule has 0 radical (unpaired) electrons. The summed E-state index contributed by atoms with van der Waals surface area (Å²) in [7, 11) is -5.80. The predicted molar refractivity (Wildman–Crippen MR) is 171 cm³/mol. The standard InChI is InChI=1S/C32H35F2N4O8PS/c1-19(39)36-12-11-23-8-9-25(31(42)37-13-14-46-18-26(37)20-5-3-2-4-6-20)38(23)30(41)24(17-36)35-29(40)28-16-21-15-22(7-10-27(21)48-28)32(33,34)47(43,44)45/h2-7,10,15-16,23-26H,8-9,11-14,17-18H2,1H3,(H,35,40)(H2,43,44,45)/t23-,24+,25+,26-/m1/s1. The van der Waals surface area contributed by atoms with E-state index in [1.165, 1.54) is 24.0 Å². The number of thiophene rings is 1. The lowest BCUT2D eigenvalue weighted by atomic mass is 10.0. The molecule has 0 saturated carbocycles. The van der Waals surface area contributed by atoms with Crippen molar-refractivity contribution in [2.24, 2.45) is 0 Å². The van der Waals surface area contributed by atoms with Gasteiger partial charge in [-0.1, -0.05) is 36.4 Å². The molecule has 3 aliphatic rings. The van der Waals surface area contributed by atoms with E-state index in [4.69, 9.17) is 14.5 Å². The molecule has 48 heavy (non-hydrogen) atoms. The van der Waals surface area contributed by atoms with Crippen molar-refractivity contribution < 1.29 is 47.0 Å². The monoisotopic (exact) mass is 704 g/mol. The van der Waals surface area contributed by atoms with Crippen LogP contribution in [0, 0.1) is 0 Å². The van der Waals surface area contributed by atoms with Gasteiger partial charge >= 0.3 is 13.3 Å². The van der Waals surface area contributed by atoms with Crippen LogP contribution in [0.2, 0.25) is 0 Å². The van der Waals surface area contributed by atoms with Gasteiger partial charge in [0.2, 0.25) is 17.7 Å². The maximum absolute atomic E-state index is 14.4. The number of rotatable bonds is 6. The lowest BCUT2D eigenvalue weighted by Crippen LogP contribution is -2.61. The zero-order valence-electron chi connectivity index (χ0n) is 26.0. The molecular formula is C32H35F2N4O8PS. The number of alkyl halides is 2. The average molecular weight is 705 g/mol. The maximum atomic E-state index is 14.4. The minimum atomic E-state index is -5.80. The average Bonchev–Trinajstić information content (AvgIpc) is 3.68. The molecule has 16 heteroatoms.